The molecular weight excluding hydrogens is 384 g/mol. The van der Waals surface area contributed by atoms with Crippen molar-refractivity contribution in [1.29, 1.82) is 0 Å². The van der Waals surface area contributed by atoms with Crippen LogP contribution in [0, 0.1) is 22.7 Å². The van der Waals surface area contributed by atoms with Gasteiger partial charge in [-0.05, 0) is 61.7 Å². The molecule has 0 aromatic heterocycles. The summed E-state index contributed by atoms with van der Waals surface area (Å²) in [4.78, 5) is 36.3. The maximum atomic E-state index is 13.2. The maximum absolute atomic E-state index is 13.2. The molecule has 0 spiro atoms. The number of hydrogen-bond donors (Lipinski definition) is 0. The minimum atomic E-state index is -1.05. The first kappa shape index (κ1) is 22.8. The quantitative estimate of drug-likeness (QED) is 0.497. The lowest BCUT2D eigenvalue weighted by Gasteiger charge is -2.56. The number of cyclic esters (lactones) is 1. The van der Waals surface area contributed by atoms with Gasteiger partial charge in [-0.3, -0.25) is 9.59 Å². The number of allylic oxidation sites excluding steroid dienone is 1. The average Bonchev–Trinajstić information content (AvgIpc) is 2.75. The van der Waals surface area contributed by atoms with Crippen LogP contribution in [0.15, 0.2) is 11.6 Å². The van der Waals surface area contributed by atoms with Crippen LogP contribution in [0.2, 0.25) is 0 Å². The van der Waals surface area contributed by atoms with Crippen LogP contribution in [0.25, 0.3) is 0 Å². The second-order valence-electron chi connectivity index (χ2n) is 10.5. The van der Waals surface area contributed by atoms with Gasteiger partial charge in [-0.2, -0.15) is 0 Å². The summed E-state index contributed by atoms with van der Waals surface area (Å²) < 4.78 is 16.5. The van der Waals surface area contributed by atoms with Crippen molar-refractivity contribution in [3.63, 3.8) is 0 Å². The predicted molar refractivity (Wildman–Crippen MR) is 111 cm³/mol. The molecule has 30 heavy (non-hydrogen) atoms. The van der Waals surface area contributed by atoms with E-state index in [-0.39, 0.29) is 29.3 Å². The van der Waals surface area contributed by atoms with Crippen molar-refractivity contribution >= 4 is 17.9 Å². The highest BCUT2D eigenvalue weighted by molar-refractivity contribution is 5.90. The van der Waals surface area contributed by atoms with Gasteiger partial charge in [0.2, 0.25) is 0 Å². The van der Waals surface area contributed by atoms with Crippen LogP contribution in [0.5, 0.6) is 0 Å². The van der Waals surface area contributed by atoms with E-state index in [1.54, 1.807) is 6.92 Å². The molecule has 0 aromatic carbocycles. The van der Waals surface area contributed by atoms with Gasteiger partial charge in [-0.15, -0.1) is 0 Å². The maximum Gasteiger partial charge on any atom is 0.334 e. The zero-order valence-corrected chi connectivity index (χ0v) is 19.2. The van der Waals surface area contributed by atoms with Crippen LogP contribution in [-0.2, 0) is 28.6 Å². The van der Waals surface area contributed by atoms with E-state index in [4.69, 9.17) is 14.2 Å². The molecule has 0 radical (unpaired) electrons. The lowest BCUT2D eigenvalue weighted by Crippen LogP contribution is -2.49. The van der Waals surface area contributed by atoms with Gasteiger partial charge in [0, 0.05) is 19.4 Å². The number of hydrogen-bond acceptors (Lipinski definition) is 6. The highest BCUT2D eigenvalue weighted by atomic mass is 16.6. The Bertz CT molecular complexity index is 753. The zero-order chi connectivity index (χ0) is 22.3. The summed E-state index contributed by atoms with van der Waals surface area (Å²) >= 11 is 0. The minimum Gasteiger partial charge on any atom is -0.462 e. The topological polar surface area (TPSA) is 78.9 Å². The van der Waals surface area contributed by atoms with Crippen molar-refractivity contribution in [2.75, 3.05) is 6.61 Å². The summed E-state index contributed by atoms with van der Waals surface area (Å²) in [5.41, 5.74) is 0.00341. The van der Waals surface area contributed by atoms with Crippen LogP contribution in [0.1, 0.15) is 80.1 Å². The van der Waals surface area contributed by atoms with E-state index in [2.05, 4.69) is 26.8 Å². The average molecular weight is 421 g/mol. The third-order valence-electron chi connectivity index (χ3n) is 7.94. The first-order valence-electron chi connectivity index (χ1n) is 11.1. The van der Waals surface area contributed by atoms with Gasteiger partial charge in [0.15, 0.2) is 6.10 Å². The van der Waals surface area contributed by atoms with Gasteiger partial charge in [-0.1, -0.05) is 33.3 Å². The van der Waals surface area contributed by atoms with Gasteiger partial charge < -0.3 is 14.2 Å². The second-order valence-corrected chi connectivity index (χ2v) is 10.5. The number of carbonyl (C=O) groups is 3. The highest BCUT2D eigenvalue weighted by Gasteiger charge is 2.56. The number of carbonyl (C=O) groups excluding carboxylic acids is 3. The Balaban J connectivity index is 1.91. The Labute approximate surface area is 179 Å². The first-order chi connectivity index (χ1) is 13.9. The molecule has 0 unspecified atom stereocenters. The molecule has 3 aliphatic rings. The number of rotatable bonds is 4. The van der Waals surface area contributed by atoms with Crippen LogP contribution in [-0.4, -0.2) is 36.2 Å². The third-order valence-corrected chi connectivity index (χ3v) is 7.94. The van der Waals surface area contributed by atoms with Crippen LogP contribution >= 0.6 is 0 Å². The van der Waals surface area contributed by atoms with Gasteiger partial charge >= 0.3 is 17.9 Å². The van der Waals surface area contributed by atoms with Gasteiger partial charge in [-0.25, -0.2) is 4.79 Å². The van der Waals surface area contributed by atoms with Gasteiger partial charge in [0.1, 0.15) is 12.2 Å². The molecule has 1 heterocycles. The molecule has 6 nitrogen and oxygen atoms in total. The van der Waals surface area contributed by atoms with Crippen molar-refractivity contribution in [2.24, 2.45) is 22.7 Å². The Hall–Kier alpha value is -1.85. The molecular formula is C24H36O6. The molecule has 0 N–H and O–H groups in total. The molecule has 6 heteroatoms. The summed E-state index contributed by atoms with van der Waals surface area (Å²) in [7, 11) is 0. The normalized spacial score (nSPS) is 36.2. The zero-order valence-electron chi connectivity index (χ0n) is 19.2. The van der Waals surface area contributed by atoms with Crippen molar-refractivity contribution in [1.82, 2.24) is 0 Å². The Morgan fingerprint density at radius 2 is 1.83 bits per heavy atom. The van der Waals surface area contributed by atoms with E-state index in [9.17, 15) is 14.4 Å². The number of esters is 3. The summed E-state index contributed by atoms with van der Waals surface area (Å²) in [5.74, 6) is -0.645. The molecule has 1 saturated heterocycles. The lowest BCUT2D eigenvalue weighted by atomic mass is 9.48. The standard InChI is InChI=1S/C24H36O6/c1-15(25)28-14-20(29-16(2)26)24(6)13-10-18-17(21(27)30-24)8-9-19-22(3,4)11-7-12-23(18,19)5/h8,18-20H,7,9-14H2,1-6H3/t18-,19-,20+,23+,24-/m0/s1. The summed E-state index contributed by atoms with van der Waals surface area (Å²) in [6.07, 6.45) is 6.94. The Morgan fingerprint density at radius 1 is 1.13 bits per heavy atom. The fourth-order valence-corrected chi connectivity index (χ4v) is 6.33. The van der Waals surface area contributed by atoms with Crippen molar-refractivity contribution in [3.8, 4) is 0 Å². The van der Waals surface area contributed by atoms with Crippen LogP contribution < -0.4 is 0 Å². The van der Waals surface area contributed by atoms with Crippen molar-refractivity contribution in [3.05, 3.63) is 11.6 Å². The molecule has 2 aliphatic carbocycles. The molecule has 3 rings (SSSR count). The van der Waals surface area contributed by atoms with E-state index in [1.165, 1.54) is 26.7 Å². The largest absolute Gasteiger partial charge is 0.462 e. The number of fused-ring (bicyclic) bond motifs is 3. The summed E-state index contributed by atoms with van der Waals surface area (Å²) in [5, 5.41) is 0. The smallest absolute Gasteiger partial charge is 0.334 e. The molecule has 5 atom stereocenters. The second kappa shape index (κ2) is 8.01. The van der Waals surface area contributed by atoms with E-state index >= 15 is 0 Å². The van der Waals surface area contributed by atoms with Gasteiger partial charge in [0.05, 0.1) is 0 Å². The highest BCUT2D eigenvalue weighted by Crippen LogP contribution is 2.61. The molecule has 1 aliphatic heterocycles. The van der Waals surface area contributed by atoms with E-state index in [0.29, 0.717) is 12.3 Å². The fraction of sp³-hybridized carbons (Fsp3) is 0.792. The lowest BCUT2D eigenvalue weighted by molar-refractivity contribution is -0.188. The molecule has 1 saturated carbocycles. The molecule has 2 fully saturated rings. The SMILES string of the molecule is CC(=O)OC[C@@H](OC(C)=O)[C@]1(C)CC[C@H]2C(=CC[C@H]3C(C)(C)CCC[C@]23C)C(=O)O1. The predicted octanol–water partition coefficient (Wildman–Crippen LogP) is 4.36. The fourth-order valence-electron chi connectivity index (χ4n) is 6.33. The van der Waals surface area contributed by atoms with Crippen molar-refractivity contribution in [2.45, 2.75) is 91.8 Å². The van der Waals surface area contributed by atoms with Crippen LogP contribution in [0.3, 0.4) is 0 Å². The Kier molecular flexibility index (Phi) is 6.09. The van der Waals surface area contributed by atoms with Crippen molar-refractivity contribution < 1.29 is 28.6 Å². The van der Waals surface area contributed by atoms with E-state index in [0.717, 1.165) is 24.8 Å². The molecule has 0 aromatic rings. The summed E-state index contributed by atoms with van der Waals surface area (Å²) in [6, 6.07) is 0. The molecule has 0 amide bonds. The monoisotopic (exact) mass is 420 g/mol. The minimum absolute atomic E-state index is 0.0446. The van der Waals surface area contributed by atoms with Crippen LogP contribution in [0.4, 0.5) is 0 Å². The molecule has 168 valence electrons. The number of ether oxygens (including phenoxy) is 3. The van der Waals surface area contributed by atoms with Gasteiger partial charge in [0.25, 0.3) is 0 Å². The Morgan fingerprint density at radius 3 is 2.47 bits per heavy atom. The molecule has 0 bridgehead atoms. The van der Waals surface area contributed by atoms with E-state index < -0.39 is 23.6 Å². The third kappa shape index (κ3) is 4.15. The summed E-state index contributed by atoms with van der Waals surface area (Å²) in [6.45, 7) is 11.3. The van der Waals surface area contributed by atoms with E-state index in [1.807, 2.05) is 0 Å². The first-order valence-corrected chi connectivity index (χ1v) is 11.1.